The van der Waals surface area contributed by atoms with Gasteiger partial charge in [-0.15, -0.1) is 0 Å². The van der Waals surface area contributed by atoms with Crippen molar-refractivity contribution >= 4 is 72.0 Å². The van der Waals surface area contributed by atoms with Crippen LogP contribution in [0.5, 0.6) is 0 Å². The fraction of sp³-hybridized carbons (Fsp3) is 0.0500. The maximum Gasteiger partial charge on any atom is 0.131 e. The third-order valence-electron chi connectivity index (χ3n) is 13.0. The number of nitrogens with two attached hydrogens (primary N) is 1. The van der Waals surface area contributed by atoms with E-state index in [2.05, 4.69) is 197 Å². The molecule has 304 valence electrons. The van der Waals surface area contributed by atoms with Gasteiger partial charge in [0, 0.05) is 44.0 Å². The number of allylic oxidation sites excluding steroid dienone is 2. The first-order chi connectivity index (χ1) is 31.7. The summed E-state index contributed by atoms with van der Waals surface area (Å²) < 4.78 is 4.89. The minimum absolute atomic E-state index is 0.466. The lowest BCUT2D eigenvalue weighted by molar-refractivity contribution is 0.989. The van der Waals surface area contributed by atoms with Crippen LogP contribution < -0.4 is 5.73 Å². The molecule has 0 saturated heterocycles. The lowest BCUT2D eigenvalue weighted by Gasteiger charge is -2.17. The summed E-state index contributed by atoms with van der Waals surface area (Å²) in [6.45, 7) is 0. The monoisotopic (exact) mass is 820 g/mol. The normalized spacial score (nSPS) is 13.1. The number of benzene rings is 9. The van der Waals surface area contributed by atoms with Crippen LogP contribution in [0.15, 0.2) is 217 Å². The highest BCUT2D eigenvalue weighted by atomic mass is 15.0. The topological polar surface area (TPSA) is 48.2 Å². The third-order valence-corrected chi connectivity index (χ3v) is 13.0. The second kappa shape index (κ2) is 15.6. The van der Waals surface area contributed by atoms with Gasteiger partial charge in [0.1, 0.15) is 5.84 Å². The van der Waals surface area contributed by atoms with Gasteiger partial charge in [0.25, 0.3) is 0 Å². The van der Waals surface area contributed by atoms with Crippen molar-refractivity contribution in [1.82, 2.24) is 9.13 Å². The van der Waals surface area contributed by atoms with Crippen molar-refractivity contribution in [3.05, 3.63) is 240 Å². The summed E-state index contributed by atoms with van der Waals surface area (Å²) in [5.74, 6) is 0.466. The van der Waals surface area contributed by atoms with Gasteiger partial charge in [0.15, 0.2) is 0 Å². The van der Waals surface area contributed by atoms with Gasteiger partial charge in [-0.25, -0.2) is 4.99 Å². The molecule has 0 unspecified atom stereocenters. The van der Waals surface area contributed by atoms with Gasteiger partial charge in [-0.05, 0) is 100 Å². The van der Waals surface area contributed by atoms with E-state index in [9.17, 15) is 0 Å². The Labute approximate surface area is 372 Å². The highest BCUT2D eigenvalue weighted by molar-refractivity contribution is 6.21. The second-order valence-corrected chi connectivity index (χ2v) is 16.8. The van der Waals surface area contributed by atoms with Crippen molar-refractivity contribution in [3.8, 4) is 22.5 Å². The summed E-state index contributed by atoms with van der Waals surface area (Å²) in [6.07, 6.45) is 9.67. The molecule has 2 heterocycles. The molecule has 0 fully saturated rings. The molecule has 0 bridgehead atoms. The Kier molecular flexibility index (Phi) is 9.15. The van der Waals surface area contributed by atoms with Crippen LogP contribution in [0.3, 0.4) is 0 Å². The Bertz CT molecular complexity index is 3690. The molecule has 4 heteroatoms. The van der Waals surface area contributed by atoms with E-state index >= 15 is 0 Å². The van der Waals surface area contributed by atoms with E-state index in [1.54, 1.807) is 0 Å². The van der Waals surface area contributed by atoms with E-state index in [4.69, 9.17) is 10.7 Å². The van der Waals surface area contributed by atoms with Gasteiger partial charge < -0.3 is 14.9 Å². The molecule has 4 nitrogen and oxygen atoms in total. The maximum atomic E-state index is 7.00. The smallest absolute Gasteiger partial charge is 0.131 e. The number of para-hydroxylation sites is 2. The molecule has 2 aromatic heterocycles. The van der Waals surface area contributed by atoms with Crippen molar-refractivity contribution < 1.29 is 0 Å². The van der Waals surface area contributed by atoms with Gasteiger partial charge >= 0.3 is 0 Å². The molecule has 12 rings (SSSR count). The molecule has 0 atom stereocenters. The zero-order valence-corrected chi connectivity index (χ0v) is 35.3. The molecule has 0 aliphatic heterocycles. The highest BCUT2D eigenvalue weighted by Gasteiger charge is 2.21. The molecule has 0 saturated carbocycles. The van der Waals surface area contributed by atoms with Gasteiger partial charge in [0.05, 0.1) is 27.8 Å². The van der Waals surface area contributed by atoms with E-state index in [1.165, 1.54) is 65.7 Å². The van der Waals surface area contributed by atoms with E-state index in [0.29, 0.717) is 12.3 Å². The third kappa shape index (κ3) is 6.34. The summed E-state index contributed by atoms with van der Waals surface area (Å²) in [7, 11) is 0. The van der Waals surface area contributed by atoms with E-state index < -0.39 is 0 Å². The molecule has 1 aliphatic rings. The maximum absolute atomic E-state index is 7.00. The molecular formula is C60H44N4. The number of aryl methyl sites for hydroxylation is 1. The van der Waals surface area contributed by atoms with Crippen molar-refractivity contribution in [3.63, 3.8) is 0 Å². The van der Waals surface area contributed by atoms with Crippen molar-refractivity contribution in [2.45, 2.75) is 19.3 Å². The summed E-state index contributed by atoms with van der Waals surface area (Å²) in [5.41, 5.74) is 22.7. The average molecular weight is 821 g/mol. The molecule has 0 spiro atoms. The molecule has 2 N–H and O–H groups in total. The van der Waals surface area contributed by atoms with Crippen LogP contribution in [0, 0.1) is 0 Å². The highest BCUT2D eigenvalue weighted by Crippen LogP contribution is 2.41. The van der Waals surface area contributed by atoms with Crippen LogP contribution in [-0.4, -0.2) is 15.0 Å². The standard InChI is InChI=1S/C60H44N4/c61-60(44-22-5-2-6-23-44)62-53(34-31-41-19-7-10-24-48(41)40-17-3-1-4-18-40)45-37-46(63-54-29-15-13-27-51(54)58-49-25-11-8-20-42(49)32-35-56(58)63)39-47(38-45)64-55-30-16-14-28-52(55)59-50-26-12-9-21-43(50)33-36-57(59)64/h1-8,10-20,22-30,32-39H,9,21,31H2,(H2,61,62)/b53-34-. The quantitative estimate of drug-likeness (QED) is 0.120. The summed E-state index contributed by atoms with van der Waals surface area (Å²) >= 11 is 0. The average Bonchev–Trinajstić information content (AvgIpc) is 3.89. The fourth-order valence-corrected chi connectivity index (χ4v) is 10.1. The number of hydrogen-bond acceptors (Lipinski definition) is 1. The lowest BCUT2D eigenvalue weighted by atomic mass is 9.93. The zero-order valence-electron chi connectivity index (χ0n) is 35.3. The molecule has 0 radical (unpaired) electrons. The van der Waals surface area contributed by atoms with Crippen LogP contribution in [0.25, 0.3) is 88.7 Å². The summed E-state index contributed by atoms with van der Waals surface area (Å²) in [4.78, 5) is 5.36. The van der Waals surface area contributed by atoms with Crippen LogP contribution >= 0.6 is 0 Å². The van der Waals surface area contributed by atoms with Gasteiger partial charge in [0.2, 0.25) is 0 Å². The number of nitrogens with zero attached hydrogens (tertiary/aromatic N) is 3. The SMILES string of the molecule is NC(=N/C(=C\Cc1ccccc1-c1ccccc1)c1cc(-n2c3ccccc3c3c4c(ccc32)CCC=C4)cc(-n2c3ccccc3c3c4ccccc4ccc32)c1)c1ccccc1. The van der Waals surface area contributed by atoms with Gasteiger partial charge in [-0.3, -0.25) is 0 Å². The van der Waals surface area contributed by atoms with Crippen LogP contribution in [0.2, 0.25) is 0 Å². The molecule has 0 amide bonds. The van der Waals surface area contributed by atoms with Crippen LogP contribution in [0.4, 0.5) is 0 Å². The van der Waals surface area contributed by atoms with Crippen molar-refractivity contribution in [1.29, 1.82) is 0 Å². The van der Waals surface area contributed by atoms with Crippen molar-refractivity contribution in [2.75, 3.05) is 0 Å². The Morgan fingerprint density at radius 2 is 1.14 bits per heavy atom. The largest absolute Gasteiger partial charge is 0.383 e. The first-order valence-electron chi connectivity index (χ1n) is 22.2. The summed E-state index contributed by atoms with van der Waals surface area (Å²) in [5, 5.41) is 7.47. The Morgan fingerprint density at radius 3 is 1.91 bits per heavy atom. The molecule has 9 aromatic carbocycles. The minimum Gasteiger partial charge on any atom is -0.383 e. The Morgan fingerprint density at radius 1 is 0.531 bits per heavy atom. The number of rotatable bonds is 8. The molecule has 11 aromatic rings. The number of aliphatic imine (C=N–C) groups is 1. The minimum atomic E-state index is 0.466. The van der Waals surface area contributed by atoms with E-state index in [-0.39, 0.29) is 0 Å². The Balaban J connectivity index is 1.16. The fourth-order valence-electron chi connectivity index (χ4n) is 10.1. The molecule has 64 heavy (non-hydrogen) atoms. The first kappa shape index (κ1) is 37.5. The predicted molar refractivity (Wildman–Crippen MR) is 271 cm³/mol. The molecular weight excluding hydrogens is 777 g/mol. The van der Waals surface area contributed by atoms with E-state index in [0.717, 1.165) is 57.6 Å². The number of hydrogen-bond donors (Lipinski definition) is 1. The van der Waals surface area contributed by atoms with Gasteiger partial charge in [-0.1, -0.05) is 176 Å². The molecule has 1 aliphatic carbocycles. The van der Waals surface area contributed by atoms with Crippen LogP contribution in [-0.2, 0) is 12.8 Å². The summed E-state index contributed by atoms with van der Waals surface area (Å²) in [6, 6.07) is 71.9. The number of amidine groups is 1. The second-order valence-electron chi connectivity index (χ2n) is 16.8. The first-order valence-corrected chi connectivity index (χ1v) is 22.2. The number of aromatic nitrogens is 2. The van der Waals surface area contributed by atoms with Gasteiger partial charge in [-0.2, -0.15) is 0 Å². The van der Waals surface area contributed by atoms with Crippen molar-refractivity contribution in [2.24, 2.45) is 10.7 Å². The van der Waals surface area contributed by atoms with E-state index in [1.807, 2.05) is 30.3 Å². The predicted octanol–water partition coefficient (Wildman–Crippen LogP) is 14.6. The Hall–Kier alpha value is -8.21. The lowest BCUT2D eigenvalue weighted by Crippen LogP contribution is -2.13. The number of fused-ring (bicyclic) bond motifs is 10. The van der Waals surface area contributed by atoms with Crippen LogP contribution in [0.1, 0.15) is 34.2 Å². The zero-order chi connectivity index (χ0) is 42.6.